The molecule has 0 radical (unpaired) electrons. The van der Waals surface area contributed by atoms with E-state index in [4.69, 9.17) is 46.9 Å². The Kier molecular flexibility index (Phi) is 67.3. The average Bonchev–Trinajstić information content (AvgIpc) is 0.753. The molecule has 121 heavy (non-hydrogen) atoms. The third kappa shape index (κ3) is 52.7. The lowest BCUT2D eigenvalue weighted by Crippen LogP contribution is -2.70. The third-order valence-electron chi connectivity index (χ3n) is 24.9. The van der Waals surface area contributed by atoms with Crippen LogP contribution in [0.1, 0.15) is 440 Å². The van der Waals surface area contributed by atoms with Gasteiger partial charge in [0.25, 0.3) is 0 Å². The van der Waals surface area contributed by atoms with Gasteiger partial charge in [0, 0.05) is 25.7 Å². The first-order valence-corrected chi connectivity index (χ1v) is 51.0. The van der Waals surface area contributed by atoms with Crippen molar-refractivity contribution in [2.24, 2.45) is 11.8 Å². The van der Waals surface area contributed by atoms with E-state index < -0.39 is 162 Å². The van der Waals surface area contributed by atoms with Crippen molar-refractivity contribution in [2.45, 2.75) is 544 Å². The van der Waals surface area contributed by atoms with Crippen LogP contribution in [0.3, 0.4) is 0 Å². The van der Waals surface area contributed by atoms with Crippen LogP contribution in [0.25, 0.3) is 0 Å². The number of rotatable bonds is 80. The summed E-state index contributed by atoms with van der Waals surface area (Å²) in [6.07, 6.45) is 27.9. The molecule has 0 amide bonds. The molecule has 2 heterocycles. The molecule has 0 aromatic heterocycles. The molecule has 0 aromatic rings. The smallest absolute Gasteiger partial charge is 0.463 e. The van der Waals surface area contributed by atoms with Crippen LogP contribution in [0.4, 0.5) is 0 Å². The highest BCUT2D eigenvalue weighted by Gasteiger charge is 2.60. The lowest BCUT2D eigenvalue weighted by Gasteiger charge is -2.50. The van der Waals surface area contributed by atoms with Crippen molar-refractivity contribution < 1.29 is 122 Å². The highest BCUT2D eigenvalue weighted by atomic mass is 31.2. The fraction of sp³-hybridized carbons (Fsp3) is 0.958. The quantitative estimate of drug-likeness (QED) is 0.0117. The van der Waals surface area contributed by atoms with E-state index in [2.05, 4.69) is 41.5 Å². The summed E-state index contributed by atoms with van der Waals surface area (Å²) < 4.78 is 73.7. The van der Waals surface area contributed by atoms with Gasteiger partial charge in [-0.1, -0.05) is 388 Å². The molecule has 2 saturated heterocycles. The van der Waals surface area contributed by atoms with Gasteiger partial charge in [0.05, 0.1) is 13.2 Å². The van der Waals surface area contributed by atoms with Crippen LogP contribution in [0.2, 0.25) is 0 Å². The second kappa shape index (κ2) is 72.3. The molecule has 0 spiro atoms. The normalized spacial score (nSPS) is 25.1. The lowest BCUT2D eigenvalue weighted by atomic mass is 9.84. The number of aliphatic hydroxyl groups excluding tert-OH is 9. The molecule has 0 aromatic carbocycles. The third-order valence-corrected chi connectivity index (χ3v) is 25.9. The Bertz CT molecular complexity index is 2540. The first kappa shape index (κ1) is 113. The maximum Gasteiger partial charge on any atom is 0.472 e. The number of aliphatic hydroxyl groups is 9. The number of phosphoric acid groups is 1. The first-order chi connectivity index (χ1) is 58.5. The Morgan fingerprint density at radius 3 is 0.983 bits per heavy atom. The van der Waals surface area contributed by atoms with E-state index in [0.717, 1.165) is 128 Å². The summed E-state index contributed by atoms with van der Waals surface area (Å²) >= 11 is 0. The number of phosphoric ester groups is 1. The molecule has 0 bridgehead atoms. The van der Waals surface area contributed by atoms with E-state index >= 15 is 0 Å². The number of carbonyl (C=O) groups is 4. The van der Waals surface area contributed by atoms with Gasteiger partial charge in [-0.05, 0) is 37.5 Å². The van der Waals surface area contributed by atoms with Gasteiger partial charge in [-0.15, -0.1) is 0 Å². The number of carbonyl (C=O) groups excluding carboxylic acids is 4. The zero-order valence-electron chi connectivity index (χ0n) is 76.7. The molecule has 3 fully saturated rings. The zero-order valence-corrected chi connectivity index (χ0v) is 77.6. The van der Waals surface area contributed by atoms with Crippen LogP contribution in [0.5, 0.6) is 0 Å². The van der Waals surface area contributed by atoms with Crippen LogP contribution in [0, 0.1) is 11.8 Å². The molecule has 1 aliphatic carbocycles. The average molecular weight is 1750 g/mol. The summed E-state index contributed by atoms with van der Waals surface area (Å²) in [5, 5.41) is 103. The van der Waals surface area contributed by atoms with Crippen LogP contribution in [-0.2, 0) is 70.7 Å². The summed E-state index contributed by atoms with van der Waals surface area (Å²) in [5.41, 5.74) is 0. The van der Waals surface area contributed by atoms with Gasteiger partial charge in [0.15, 0.2) is 24.8 Å². The van der Waals surface area contributed by atoms with Crippen LogP contribution in [-0.4, -0.2) is 205 Å². The van der Waals surface area contributed by atoms with E-state index in [-0.39, 0.29) is 25.7 Å². The summed E-state index contributed by atoms with van der Waals surface area (Å²) in [6, 6.07) is 0. The Morgan fingerprint density at radius 1 is 0.322 bits per heavy atom. The van der Waals surface area contributed by atoms with E-state index in [1.54, 1.807) is 0 Å². The molecule has 3 rings (SSSR count). The number of hydrogen-bond acceptors (Lipinski definition) is 24. The lowest BCUT2D eigenvalue weighted by molar-refractivity contribution is -0.360. The molecule has 3 aliphatic rings. The van der Waals surface area contributed by atoms with Gasteiger partial charge < -0.3 is 88.7 Å². The Hall–Kier alpha value is -2.53. The van der Waals surface area contributed by atoms with Crippen molar-refractivity contribution >= 4 is 31.7 Å². The Morgan fingerprint density at radius 2 is 0.620 bits per heavy atom. The first-order valence-electron chi connectivity index (χ1n) is 49.6. The van der Waals surface area contributed by atoms with Gasteiger partial charge in [-0.3, -0.25) is 28.2 Å². The van der Waals surface area contributed by atoms with Crippen molar-refractivity contribution in [1.29, 1.82) is 0 Å². The Labute approximate surface area is 731 Å². The monoisotopic (exact) mass is 1750 g/mol. The van der Waals surface area contributed by atoms with Gasteiger partial charge in [-0.2, -0.15) is 0 Å². The summed E-state index contributed by atoms with van der Waals surface area (Å²) in [4.78, 5) is 66.7. The molecule has 10 N–H and O–H groups in total. The second-order valence-electron chi connectivity index (χ2n) is 36.2. The summed E-state index contributed by atoms with van der Waals surface area (Å²) in [5.74, 6) is -1.63. The zero-order chi connectivity index (χ0) is 88.5. The largest absolute Gasteiger partial charge is 0.472 e. The predicted octanol–water partition coefficient (Wildman–Crippen LogP) is 19.0. The minimum Gasteiger partial charge on any atom is -0.463 e. The van der Waals surface area contributed by atoms with Crippen molar-refractivity contribution in [1.82, 2.24) is 0 Å². The minimum absolute atomic E-state index is 0.0168. The highest BCUT2D eigenvalue weighted by molar-refractivity contribution is 7.47. The van der Waals surface area contributed by atoms with Crippen molar-refractivity contribution in [3.63, 3.8) is 0 Å². The highest BCUT2D eigenvalue weighted by Crippen LogP contribution is 2.49. The van der Waals surface area contributed by atoms with Gasteiger partial charge in [-0.25, -0.2) is 4.57 Å². The van der Waals surface area contributed by atoms with Crippen molar-refractivity contribution in [3.05, 3.63) is 0 Å². The molecule has 1 saturated carbocycles. The van der Waals surface area contributed by atoms with Crippen molar-refractivity contribution in [2.75, 3.05) is 26.4 Å². The fourth-order valence-corrected chi connectivity index (χ4v) is 17.8. The molecular formula is C95H179O25P. The van der Waals surface area contributed by atoms with Gasteiger partial charge in [0.2, 0.25) is 0 Å². The second-order valence-corrected chi connectivity index (χ2v) is 37.6. The summed E-state index contributed by atoms with van der Waals surface area (Å²) in [7, 11) is -5.81. The van der Waals surface area contributed by atoms with E-state index in [0.29, 0.717) is 43.9 Å². The van der Waals surface area contributed by atoms with Crippen LogP contribution in [0.15, 0.2) is 0 Å². The SMILES string of the molecule is CCCCCCCCCCCCCCCCCC(=O)OCC(COP(=O)(O)OC1C(OC2OC(CO)C(O)C(O)C2O)C(O)C(O)C(OC(=O)CCCCCCCCC(C)CCCCCCCC)C1OC1OC(COC(=O)CCCCCCCCC(C)CCCCCCCC)C(O)C(O)C1O)OC(=O)CCCCCCCCCCCCCCCCC. The molecule has 25 nitrogen and oxygen atoms in total. The van der Waals surface area contributed by atoms with Gasteiger partial charge in [0.1, 0.15) is 92.6 Å². The van der Waals surface area contributed by atoms with E-state index in [1.807, 2.05) is 0 Å². The number of esters is 4. The van der Waals surface area contributed by atoms with E-state index in [9.17, 15) is 74.6 Å². The molecular weight excluding hydrogens is 1570 g/mol. The standard InChI is InChI=1S/C95H179O25P/c1-7-11-15-19-23-25-27-29-31-33-35-37-39-49-57-65-78(97)111-70-75(114-80(99)67-59-51-40-38-36-34-32-30-28-26-24-20-16-12-8-2)71-113-121(109,110)120-93-91(118-94-88(107)84(103)82(101)76(69-96)115-94)87(106)86(105)90(117-81(100)68-60-52-44-42-48-56-64-74(6)62-54-46-22-18-14-10-4)92(93)119-95-89(108)85(104)83(102)77(116-95)72-112-79(98)66-58-50-43-41-47-55-63-73(5)61-53-45-21-17-13-9-3/h73-77,82-96,101-108H,7-72H2,1-6H3,(H,109,110). The van der Waals surface area contributed by atoms with E-state index in [1.165, 1.54) is 212 Å². The maximum atomic E-state index is 14.9. The molecule has 2 aliphatic heterocycles. The molecule has 20 atom stereocenters. The van der Waals surface area contributed by atoms with Crippen LogP contribution < -0.4 is 0 Å². The Balaban J connectivity index is 1.91. The van der Waals surface area contributed by atoms with Crippen LogP contribution >= 0.6 is 7.82 Å². The number of ether oxygens (including phenoxy) is 8. The number of hydrogen-bond donors (Lipinski definition) is 10. The predicted molar refractivity (Wildman–Crippen MR) is 472 cm³/mol. The molecule has 714 valence electrons. The van der Waals surface area contributed by atoms with Gasteiger partial charge >= 0.3 is 31.7 Å². The minimum atomic E-state index is -5.81. The molecule has 20 unspecified atom stereocenters. The topological polar surface area (TPSA) is 380 Å². The maximum absolute atomic E-state index is 14.9. The summed E-state index contributed by atoms with van der Waals surface area (Å²) in [6.45, 7) is 10.3. The molecule has 26 heteroatoms. The van der Waals surface area contributed by atoms with Crippen molar-refractivity contribution in [3.8, 4) is 0 Å². The fourth-order valence-electron chi connectivity index (χ4n) is 16.9. The number of unbranched alkanes of at least 4 members (excludes halogenated alkanes) is 48.